The maximum atomic E-state index is 12.2. The van der Waals surface area contributed by atoms with Gasteiger partial charge in [0.2, 0.25) is 5.91 Å². The minimum atomic E-state index is -0.192. The van der Waals surface area contributed by atoms with Gasteiger partial charge in [0.15, 0.2) is 0 Å². The van der Waals surface area contributed by atoms with Crippen LogP contribution in [0.2, 0.25) is 0 Å². The van der Waals surface area contributed by atoms with E-state index in [1.807, 2.05) is 38.1 Å². The van der Waals surface area contributed by atoms with E-state index in [4.69, 9.17) is 9.47 Å². The fraction of sp³-hybridized carbons (Fsp3) is 0.588. The van der Waals surface area contributed by atoms with E-state index in [1.165, 1.54) is 0 Å². The topological polar surface area (TPSA) is 47.6 Å². The van der Waals surface area contributed by atoms with Gasteiger partial charge >= 0.3 is 0 Å². The molecule has 1 aliphatic rings. The highest BCUT2D eigenvalue weighted by Gasteiger charge is 2.32. The molecule has 4 heteroatoms. The van der Waals surface area contributed by atoms with Gasteiger partial charge in [0.05, 0.1) is 12.7 Å². The highest BCUT2D eigenvalue weighted by Crippen LogP contribution is 2.28. The summed E-state index contributed by atoms with van der Waals surface area (Å²) in [7, 11) is 1.67. The predicted molar refractivity (Wildman–Crippen MR) is 82.5 cm³/mol. The number of hydrogen-bond acceptors (Lipinski definition) is 3. The Morgan fingerprint density at radius 1 is 1.43 bits per heavy atom. The van der Waals surface area contributed by atoms with E-state index in [0.717, 1.165) is 30.6 Å². The zero-order valence-electron chi connectivity index (χ0n) is 13.1. The first kappa shape index (κ1) is 15.8. The number of ether oxygens (including phenoxy) is 2. The number of benzene rings is 1. The molecular weight excluding hydrogens is 266 g/mol. The molecule has 116 valence electrons. The third-order valence-electron chi connectivity index (χ3n) is 3.95. The predicted octanol–water partition coefficient (Wildman–Crippen LogP) is 2.56. The zero-order valence-corrected chi connectivity index (χ0v) is 13.1. The monoisotopic (exact) mass is 291 g/mol. The molecule has 1 heterocycles. The first-order valence-electron chi connectivity index (χ1n) is 7.55. The summed E-state index contributed by atoms with van der Waals surface area (Å²) in [4.78, 5) is 12.2. The zero-order chi connectivity index (χ0) is 15.3. The van der Waals surface area contributed by atoms with Crippen LogP contribution in [0.3, 0.4) is 0 Å². The van der Waals surface area contributed by atoms with Gasteiger partial charge in [0.1, 0.15) is 5.75 Å². The summed E-state index contributed by atoms with van der Waals surface area (Å²) >= 11 is 0. The third kappa shape index (κ3) is 4.46. The molecule has 4 nitrogen and oxygen atoms in total. The molecule has 0 unspecified atom stereocenters. The van der Waals surface area contributed by atoms with E-state index in [-0.39, 0.29) is 17.4 Å². The van der Waals surface area contributed by atoms with Crippen molar-refractivity contribution >= 4 is 5.91 Å². The Hall–Kier alpha value is -1.55. The van der Waals surface area contributed by atoms with Gasteiger partial charge in [-0.25, -0.2) is 0 Å². The van der Waals surface area contributed by atoms with E-state index in [2.05, 4.69) is 5.32 Å². The molecule has 1 aromatic carbocycles. The highest BCUT2D eigenvalue weighted by atomic mass is 16.5. The van der Waals surface area contributed by atoms with Crippen LogP contribution in [0.5, 0.6) is 5.75 Å². The molecule has 0 spiro atoms. The Morgan fingerprint density at radius 2 is 2.19 bits per heavy atom. The summed E-state index contributed by atoms with van der Waals surface area (Å²) in [6.45, 7) is 5.39. The third-order valence-corrected chi connectivity index (χ3v) is 3.95. The summed E-state index contributed by atoms with van der Waals surface area (Å²) in [6.07, 6.45) is 2.37. The Balaban J connectivity index is 1.81. The number of para-hydroxylation sites is 1. The molecule has 2 rings (SSSR count). The standard InChI is InChI=1S/C17H25NO3/c1-17(2)12-14(9-11-21-17)16(19)18-10-8-13-6-4-5-7-15(13)20-3/h4-7,14H,8-12H2,1-3H3,(H,18,19)/t14-/m0/s1. The van der Waals surface area contributed by atoms with Crippen LogP contribution in [-0.2, 0) is 16.0 Å². The van der Waals surface area contributed by atoms with Gasteiger partial charge in [-0.05, 0) is 44.7 Å². The largest absolute Gasteiger partial charge is 0.496 e. The maximum absolute atomic E-state index is 12.2. The number of methoxy groups -OCH3 is 1. The molecule has 1 N–H and O–H groups in total. The van der Waals surface area contributed by atoms with Crippen LogP contribution in [0.15, 0.2) is 24.3 Å². The van der Waals surface area contributed by atoms with Crippen molar-refractivity contribution in [3.63, 3.8) is 0 Å². The summed E-state index contributed by atoms with van der Waals surface area (Å²) in [5, 5.41) is 3.04. The van der Waals surface area contributed by atoms with E-state index in [9.17, 15) is 4.79 Å². The van der Waals surface area contributed by atoms with Crippen LogP contribution in [0.1, 0.15) is 32.3 Å². The fourth-order valence-electron chi connectivity index (χ4n) is 2.83. The number of hydrogen-bond donors (Lipinski definition) is 1. The SMILES string of the molecule is COc1ccccc1CCNC(=O)[C@H]1CCOC(C)(C)C1. The summed E-state index contributed by atoms with van der Waals surface area (Å²) in [5.41, 5.74) is 0.927. The number of nitrogens with one attached hydrogen (secondary N) is 1. The molecule has 21 heavy (non-hydrogen) atoms. The molecule has 1 amide bonds. The van der Waals surface area contributed by atoms with Crippen LogP contribution in [-0.4, -0.2) is 31.8 Å². The molecular formula is C17H25NO3. The minimum absolute atomic E-state index is 0.0615. The van der Waals surface area contributed by atoms with Crippen LogP contribution in [0.4, 0.5) is 0 Å². The van der Waals surface area contributed by atoms with E-state index in [0.29, 0.717) is 13.2 Å². The van der Waals surface area contributed by atoms with Gasteiger partial charge in [0.25, 0.3) is 0 Å². The average molecular weight is 291 g/mol. The van der Waals surface area contributed by atoms with Gasteiger partial charge in [-0.3, -0.25) is 4.79 Å². The smallest absolute Gasteiger partial charge is 0.223 e. The lowest BCUT2D eigenvalue weighted by atomic mass is 9.88. The average Bonchev–Trinajstić information content (AvgIpc) is 2.46. The molecule has 0 bridgehead atoms. The molecule has 1 aliphatic heterocycles. The van der Waals surface area contributed by atoms with Crippen molar-refractivity contribution in [1.82, 2.24) is 5.32 Å². The van der Waals surface area contributed by atoms with E-state index in [1.54, 1.807) is 7.11 Å². The van der Waals surface area contributed by atoms with Crippen molar-refractivity contribution in [2.24, 2.45) is 5.92 Å². The lowest BCUT2D eigenvalue weighted by molar-refractivity contribution is -0.135. The second kappa shape index (κ2) is 6.94. The van der Waals surface area contributed by atoms with Gasteiger partial charge in [-0.1, -0.05) is 18.2 Å². The Kier molecular flexibility index (Phi) is 5.23. The van der Waals surface area contributed by atoms with Crippen LogP contribution in [0, 0.1) is 5.92 Å². The number of amides is 1. The van der Waals surface area contributed by atoms with Crippen molar-refractivity contribution in [3.8, 4) is 5.75 Å². The Morgan fingerprint density at radius 3 is 2.90 bits per heavy atom. The lowest BCUT2D eigenvalue weighted by Gasteiger charge is -2.34. The molecule has 0 radical (unpaired) electrons. The second-order valence-corrected chi connectivity index (χ2v) is 6.15. The molecule has 0 saturated carbocycles. The molecule has 1 atom stereocenters. The Labute approximate surface area is 126 Å². The highest BCUT2D eigenvalue weighted by molar-refractivity contribution is 5.78. The molecule has 0 aliphatic carbocycles. The molecule has 0 aromatic heterocycles. The summed E-state index contributed by atoms with van der Waals surface area (Å²) in [6, 6.07) is 7.91. The Bertz CT molecular complexity index is 485. The maximum Gasteiger partial charge on any atom is 0.223 e. The summed E-state index contributed by atoms with van der Waals surface area (Å²) < 4.78 is 11.0. The fourth-order valence-corrected chi connectivity index (χ4v) is 2.83. The first-order valence-corrected chi connectivity index (χ1v) is 7.55. The number of carbonyl (C=O) groups excluding carboxylic acids is 1. The van der Waals surface area contributed by atoms with Crippen molar-refractivity contribution in [2.45, 2.75) is 38.7 Å². The van der Waals surface area contributed by atoms with Crippen molar-refractivity contribution in [1.29, 1.82) is 0 Å². The quantitative estimate of drug-likeness (QED) is 0.907. The van der Waals surface area contributed by atoms with E-state index >= 15 is 0 Å². The summed E-state index contributed by atoms with van der Waals surface area (Å²) in [5.74, 6) is 1.08. The first-order chi connectivity index (χ1) is 10.0. The van der Waals surface area contributed by atoms with Gasteiger partial charge < -0.3 is 14.8 Å². The normalized spacial score (nSPS) is 20.8. The second-order valence-electron chi connectivity index (χ2n) is 6.15. The molecule has 1 aromatic rings. The van der Waals surface area contributed by atoms with Crippen LogP contribution < -0.4 is 10.1 Å². The molecule has 1 saturated heterocycles. The minimum Gasteiger partial charge on any atom is -0.496 e. The van der Waals surface area contributed by atoms with Crippen LogP contribution in [0.25, 0.3) is 0 Å². The number of rotatable bonds is 5. The van der Waals surface area contributed by atoms with Gasteiger partial charge in [-0.15, -0.1) is 0 Å². The van der Waals surface area contributed by atoms with Crippen molar-refractivity contribution in [2.75, 3.05) is 20.3 Å². The van der Waals surface area contributed by atoms with Gasteiger partial charge in [0, 0.05) is 19.1 Å². The van der Waals surface area contributed by atoms with Crippen LogP contribution >= 0.6 is 0 Å². The van der Waals surface area contributed by atoms with Crippen molar-refractivity contribution in [3.05, 3.63) is 29.8 Å². The number of carbonyl (C=O) groups is 1. The van der Waals surface area contributed by atoms with E-state index < -0.39 is 0 Å². The molecule has 1 fully saturated rings. The lowest BCUT2D eigenvalue weighted by Crippen LogP contribution is -2.41. The van der Waals surface area contributed by atoms with Gasteiger partial charge in [-0.2, -0.15) is 0 Å². The van der Waals surface area contributed by atoms with Crippen molar-refractivity contribution < 1.29 is 14.3 Å².